The van der Waals surface area contributed by atoms with Gasteiger partial charge in [0, 0.05) is 12.5 Å². The van der Waals surface area contributed by atoms with Crippen LogP contribution in [-0.4, -0.2) is 66.5 Å². The Kier molecular flexibility index (Phi) is 6.61. The molecule has 1 aliphatic rings. The number of amides is 1. The van der Waals surface area contributed by atoms with E-state index in [0.29, 0.717) is 24.6 Å². The van der Waals surface area contributed by atoms with E-state index >= 15 is 0 Å². The molecule has 0 bridgehead atoms. The lowest BCUT2D eigenvalue weighted by molar-refractivity contribution is -0.122. The highest BCUT2D eigenvalue weighted by Gasteiger charge is 2.29. The molecule has 0 aliphatic carbocycles. The van der Waals surface area contributed by atoms with Crippen molar-refractivity contribution in [2.75, 3.05) is 31.1 Å². The Bertz CT molecular complexity index is 848. The molecule has 8 nitrogen and oxygen atoms in total. The minimum atomic E-state index is -2.99. The molecule has 0 aromatic carbocycles. The topological polar surface area (TPSA) is 105 Å². The van der Waals surface area contributed by atoms with Gasteiger partial charge in [-0.15, -0.1) is 11.3 Å². The minimum absolute atomic E-state index is 0.0502. The molecule has 0 saturated carbocycles. The summed E-state index contributed by atoms with van der Waals surface area (Å²) in [6, 6.07) is 3.64. The van der Waals surface area contributed by atoms with Gasteiger partial charge in [-0.3, -0.25) is 9.69 Å². The van der Waals surface area contributed by atoms with Crippen LogP contribution in [0.15, 0.2) is 22.0 Å². The number of carbonyl (C=O) groups excluding carboxylic acids is 1. The van der Waals surface area contributed by atoms with Crippen LogP contribution in [0.1, 0.15) is 25.7 Å². The quantitative estimate of drug-likeness (QED) is 0.663. The molecule has 1 atom stereocenters. The second kappa shape index (κ2) is 8.94. The summed E-state index contributed by atoms with van der Waals surface area (Å²) >= 11 is 1.57. The van der Waals surface area contributed by atoms with Crippen molar-refractivity contribution in [3.63, 3.8) is 0 Å². The number of aryl methyl sites for hydroxylation is 1. The molecule has 2 aromatic heterocycles. The van der Waals surface area contributed by atoms with Gasteiger partial charge in [-0.2, -0.15) is 4.98 Å². The zero-order valence-electron chi connectivity index (χ0n) is 15.3. The molecule has 3 heterocycles. The smallest absolute Gasteiger partial charge is 0.234 e. The molecule has 3 rings (SSSR count). The van der Waals surface area contributed by atoms with Gasteiger partial charge in [-0.05, 0) is 37.4 Å². The van der Waals surface area contributed by atoms with Crippen LogP contribution in [0.25, 0.3) is 10.7 Å². The molecule has 27 heavy (non-hydrogen) atoms. The zero-order chi connectivity index (χ0) is 19.3. The minimum Gasteiger partial charge on any atom is -0.351 e. The van der Waals surface area contributed by atoms with E-state index in [9.17, 15) is 13.2 Å². The average molecular weight is 413 g/mol. The van der Waals surface area contributed by atoms with Crippen LogP contribution in [0, 0.1) is 0 Å². The average Bonchev–Trinajstić information content (AvgIpc) is 3.34. The first kappa shape index (κ1) is 20.0. The lowest BCUT2D eigenvalue weighted by atomic mass is 10.2. The Morgan fingerprint density at radius 3 is 3.00 bits per heavy atom. The van der Waals surface area contributed by atoms with E-state index < -0.39 is 9.84 Å². The lowest BCUT2D eigenvalue weighted by Crippen LogP contribution is -2.42. The summed E-state index contributed by atoms with van der Waals surface area (Å²) in [5.74, 6) is 1.28. The Balaban J connectivity index is 1.40. The van der Waals surface area contributed by atoms with Gasteiger partial charge in [-0.1, -0.05) is 18.1 Å². The summed E-state index contributed by atoms with van der Waals surface area (Å²) in [5.41, 5.74) is 0. The summed E-state index contributed by atoms with van der Waals surface area (Å²) < 4.78 is 28.2. The zero-order valence-corrected chi connectivity index (χ0v) is 16.9. The number of carbonyl (C=O) groups is 1. The van der Waals surface area contributed by atoms with Crippen molar-refractivity contribution in [2.45, 2.75) is 32.2 Å². The summed E-state index contributed by atoms with van der Waals surface area (Å²) in [7, 11) is -2.99. The molecular weight excluding hydrogens is 388 g/mol. The second-order valence-corrected chi connectivity index (χ2v) is 9.81. The largest absolute Gasteiger partial charge is 0.351 e. The third kappa shape index (κ3) is 5.85. The molecule has 0 radical (unpaired) electrons. The van der Waals surface area contributed by atoms with Crippen molar-refractivity contribution in [3.8, 4) is 10.7 Å². The van der Waals surface area contributed by atoms with Gasteiger partial charge in [0.2, 0.25) is 17.6 Å². The predicted molar refractivity (Wildman–Crippen MR) is 103 cm³/mol. The van der Waals surface area contributed by atoms with Crippen LogP contribution in [-0.2, 0) is 21.1 Å². The van der Waals surface area contributed by atoms with Crippen LogP contribution in [0.5, 0.6) is 0 Å². The normalized spacial score (nSPS) is 18.8. The highest BCUT2D eigenvalue weighted by Crippen LogP contribution is 2.21. The van der Waals surface area contributed by atoms with Crippen LogP contribution >= 0.6 is 11.3 Å². The fraction of sp³-hybridized carbons (Fsp3) is 0.588. The van der Waals surface area contributed by atoms with E-state index in [1.807, 2.05) is 29.3 Å². The molecule has 148 valence electrons. The third-order valence-corrected chi connectivity index (χ3v) is 7.12. The molecule has 1 amide bonds. The molecule has 0 spiro atoms. The number of hydrogen-bond acceptors (Lipinski definition) is 8. The van der Waals surface area contributed by atoms with E-state index in [0.717, 1.165) is 24.4 Å². The van der Waals surface area contributed by atoms with Gasteiger partial charge >= 0.3 is 0 Å². The van der Waals surface area contributed by atoms with Gasteiger partial charge < -0.3 is 9.84 Å². The van der Waals surface area contributed by atoms with Gasteiger partial charge in [-0.25, -0.2) is 8.42 Å². The Morgan fingerprint density at radius 1 is 1.48 bits per heavy atom. The first-order valence-electron chi connectivity index (χ1n) is 9.04. The van der Waals surface area contributed by atoms with Crippen molar-refractivity contribution in [1.82, 2.24) is 20.4 Å². The highest BCUT2D eigenvalue weighted by molar-refractivity contribution is 7.91. The van der Waals surface area contributed by atoms with Crippen LogP contribution < -0.4 is 5.32 Å². The number of rotatable bonds is 9. The Hall–Kier alpha value is -1.78. The SMILES string of the molecule is CCN(CCCc1nc(-c2cccs2)no1)CC(=O)NC1CCS(=O)(=O)C1. The summed E-state index contributed by atoms with van der Waals surface area (Å²) in [5, 5.41) is 8.79. The molecule has 1 aliphatic heterocycles. The molecule has 10 heteroatoms. The van der Waals surface area contributed by atoms with E-state index in [1.165, 1.54) is 0 Å². The lowest BCUT2D eigenvalue weighted by Gasteiger charge is -2.20. The first-order chi connectivity index (χ1) is 12.9. The van der Waals surface area contributed by atoms with Crippen molar-refractivity contribution >= 4 is 27.1 Å². The van der Waals surface area contributed by atoms with E-state index in [1.54, 1.807) is 11.3 Å². The fourth-order valence-corrected chi connectivity index (χ4v) is 5.37. The molecule has 2 aromatic rings. The van der Waals surface area contributed by atoms with Gasteiger partial charge in [0.05, 0.1) is 22.9 Å². The van der Waals surface area contributed by atoms with Crippen LogP contribution in [0.3, 0.4) is 0 Å². The fourth-order valence-electron chi connectivity index (χ4n) is 3.05. The predicted octanol–water partition coefficient (Wildman–Crippen LogP) is 1.36. The van der Waals surface area contributed by atoms with Crippen molar-refractivity contribution in [1.29, 1.82) is 0 Å². The van der Waals surface area contributed by atoms with Crippen molar-refractivity contribution < 1.29 is 17.7 Å². The first-order valence-corrected chi connectivity index (χ1v) is 11.7. The van der Waals surface area contributed by atoms with Gasteiger partial charge in [0.25, 0.3) is 0 Å². The molecular formula is C17H24N4O4S2. The van der Waals surface area contributed by atoms with Crippen molar-refractivity contribution in [3.05, 3.63) is 23.4 Å². The molecule has 1 N–H and O–H groups in total. The van der Waals surface area contributed by atoms with Crippen LogP contribution in [0.4, 0.5) is 0 Å². The second-order valence-electron chi connectivity index (χ2n) is 6.63. The van der Waals surface area contributed by atoms with Gasteiger partial charge in [0.15, 0.2) is 9.84 Å². The maximum Gasteiger partial charge on any atom is 0.234 e. The number of thiophene rings is 1. The summed E-state index contributed by atoms with van der Waals surface area (Å²) in [6.45, 7) is 3.72. The van der Waals surface area contributed by atoms with Crippen LogP contribution in [0.2, 0.25) is 0 Å². The molecule has 1 saturated heterocycles. The number of hydrogen-bond donors (Lipinski definition) is 1. The summed E-state index contributed by atoms with van der Waals surface area (Å²) in [6.07, 6.45) is 1.95. The number of nitrogens with one attached hydrogen (secondary N) is 1. The Labute approximate surface area is 162 Å². The number of nitrogens with zero attached hydrogens (tertiary/aromatic N) is 3. The maximum absolute atomic E-state index is 12.2. The van der Waals surface area contributed by atoms with E-state index in [4.69, 9.17) is 4.52 Å². The molecule has 1 fully saturated rings. The number of aromatic nitrogens is 2. The monoisotopic (exact) mass is 412 g/mol. The van der Waals surface area contributed by atoms with E-state index in [-0.39, 0.29) is 30.0 Å². The molecule has 1 unspecified atom stereocenters. The van der Waals surface area contributed by atoms with Gasteiger partial charge in [0.1, 0.15) is 0 Å². The Morgan fingerprint density at radius 2 is 2.33 bits per heavy atom. The van der Waals surface area contributed by atoms with E-state index in [2.05, 4.69) is 15.5 Å². The standard InChI is InChI=1S/C17H24N4O4S2/c1-2-21(11-15(22)18-13-7-10-27(23,24)12-13)8-3-6-16-19-17(20-25-16)14-5-4-9-26-14/h4-5,9,13H,2-3,6-8,10-12H2,1H3,(H,18,22). The number of likely N-dealkylation sites (N-methyl/N-ethyl adjacent to an activating group) is 1. The summed E-state index contributed by atoms with van der Waals surface area (Å²) in [4.78, 5) is 19.6. The maximum atomic E-state index is 12.2. The highest BCUT2D eigenvalue weighted by atomic mass is 32.2. The number of sulfone groups is 1. The third-order valence-electron chi connectivity index (χ3n) is 4.49. The van der Waals surface area contributed by atoms with Crippen molar-refractivity contribution in [2.24, 2.45) is 0 Å².